The summed E-state index contributed by atoms with van der Waals surface area (Å²) in [5, 5.41) is -0.447. The van der Waals surface area contributed by atoms with Gasteiger partial charge in [0.05, 0.1) is 10.6 Å². The number of ether oxygens (including phenoxy) is 1. The lowest BCUT2D eigenvalue weighted by molar-refractivity contribution is -0.274. The smallest absolute Gasteiger partial charge is 0.403 e. The normalized spacial score (nSPS) is 11.1. The van der Waals surface area contributed by atoms with Crippen molar-refractivity contribution in [2.75, 3.05) is 0 Å². The molecule has 0 N–H and O–H groups in total. The molecule has 3 nitrogen and oxygen atoms in total. The summed E-state index contributed by atoms with van der Waals surface area (Å²) in [6.45, 7) is 1.20. The van der Waals surface area contributed by atoms with Gasteiger partial charge in [-0.05, 0) is 19.1 Å². The molecule has 0 fully saturated rings. The molecule has 1 aromatic carbocycles. The Hall–Kier alpha value is -1.56. The van der Waals surface area contributed by atoms with Gasteiger partial charge in [0.2, 0.25) is 0 Å². The standard InChI is InChI=1S/C10H6ClF3O3/c1-5(16)6-2-7(4-15)9(8(11)3-6)17-10(12,13)14/h2-4H,1H3. The first kappa shape index (κ1) is 13.5. The van der Waals surface area contributed by atoms with Crippen LogP contribution in [0.3, 0.4) is 0 Å². The predicted molar refractivity (Wildman–Crippen MR) is 53.5 cm³/mol. The van der Waals surface area contributed by atoms with E-state index in [1.54, 1.807) is 0 Å². The van der Waals surface area contributed by atoms with Crippen LogP contribution in [0.25, 0.3) is 0 Å². The zero-order chi connectivity index (χ0) is 13.2. The molecular weight excluding hydrogens is 261 g/mol. The van der Waals surface area contributed by atoms with E-state index in [-0.39, 0.29) is 11.8 Å². The van der Waals surface area contributed by atoms with E-state index in [0.717, 1.165) is 12.1 Å². The minimum Gasteiger partial charge on any atom is -0.403 e. The summed E-state index contributed by atoms with van der Waals surface area (Å²) < 4.78 is 39.7. The summed E-state index contributed by atoms with van der Waals surface area (Å²) in [4.78, 5) is 21.6. The van der Waals surface area contributed by atoms with Crippen LogP contribution in [0.4, 0.5) is 13.2 Å². The average Bonchev–Trinajstić information content (AvgIpc) is 2.18. The summed E-state index contributed by atoms with van der Waals surface area (Å²) in [6.07, 6.45) is -4.82. The van der Waals surface area contributed by atoms with Gasteiger partial charge in [0.15, 0.2) is 17.8 Å². The Morgan fingerprint density at radius 2 is 2.00 bits per heavy atom. The summed E-state index contributed by atoms with van der Waals surface area (Å²) in [5.74, 6) is -1.23. The van der Waals surface area contributed by atoms with E-state index >= 15 is 0 Å². The van der Waals surface area contributed by atoms with Gasteiger partial charge in [-0.2, -0.15) is 0 Å². The topological polar surface area (TPSA) is 43.4 Å². The van der Waals surface area contributed by atoms with Crippen molar-refractivity contribution in [2.45, 2.75) is 13.3 Å². The maximum atomic E-state index is 12.0. The van der Waals surface area contributed by atoms with Crippen LogP contribution in [0.15, 0.2) is 12.1 Å². The fourth-order valence-electron chi connectivity index (χ4n) is 1.13. The molecule has 17 heavy (non-hydrogen) atoms. The molecule has 0 saturated carbocycles. The Morgan fingerprint density at radius 3 is 2.41 bits per heavy atom. The van der Waals surface area contributed by atoms with Gasteiger partial charge in [0.1, 0.15) is 0 Å². The number of halogens is 4. The van der Waals surface area contributed by atoms with E-state index in [4.69, 9.17) is 11.6 Å². The summed E-state index contributed by atoms with van der Waals surface area (Å²) in [6, 6.07) is 2.00. The Kier molecular flexibility index (Phi) is 3.77. The van der Waals surface area contributed by atoms with E-state index < -0.39 is 28.5 Å². The van der Waals surface area contributed by atoms with Gasteiger partial charge in [-0.25, -0.2) is 0 Å². The molecule has 0 bridgehead atoms. The summed E-state index contributed by atoms with van der Waals surface area (Å²) in [7, 11) is 0. The van der Waals surface area contributed by atoms with Crippen molar-refractivity contribution < 1.29 is 27.5 Å². The minimum atomic E-state index is -4.96. The molecule has 0 amide bonds. The van der Waals surface area contributed by atoms with E-state index in [1.165, 1.54) is 6.92 Å². The molecule has 0 radical (unpaired) electrons. The second-order valence-electron chi connectivity index (χ2n) is 3.10. The van der Waals surface area contributed by atoms with E-state index in [1.807, 2.05) is 0 Å². The second-order valence-corrected chi connectivity index (χ2v) is 3.51. The highest BCUT2D eigenvalue weighted by Crippen LogP contribution is 2.34. The third-order valence-electron chi connectivity index (χ3n) is 1.82. The third-order valence-corrected chi connectivity index (χ3v) is 2.10. The van der Waals surface area contributed by atoms with Crippen molar-refractivity contribution in [2.24, 2.45) is 0 Å². The number of benzene rings is 1. The molecule has 1 aromatic rings. The summed E-state index contributed by atoms with van der Waals surface area (Å²) >= 11 is 5.53. The van der Waals surface area contributed by atoms with Gasteiger partial charge in [-0.15, -0.1) is 13.2 Å². The van der Waals surface area contributed by atoms with Crippen molar-refractivity contribution in [1.29, 1.82) is 0 Å². The molecule has 0 unspecified atom stereocenters. The minimum absolute atomic E-state index is 0.0339. The predicted octanol–water partition coefficient (Wildman–Crippen LogP) is 3.25. The van der Waals surface area contributed by atoms with E-state index in [0.29, 0.717) is 0 Å². The first-order chi connectivity index (χ1) is 7.74. The number of carbonyl (C=O) groups is 2. The van der Waals surface area contributed by atoms with Crippen LogP contribution >= 0.6 is 11.6 Å². The number of ketones is 1. The van der Waals surface area contributed by atoms with E-state index in [9.17, 15) is 22.8 Å². The number of hydrogen-bond donors (Lipinski definition) is 0. The van der Waals surface area contributed by atoms with E-state index in [2.05, 4.69) is 4.74 Å². The number of carbonyl (C=O) groups excluding carboxylic acids is 2. The van der Waals surface area contributed by atoms with Crippen molar-refractivity contribution >= 4 is 23.7 Å². The number of aldehydes is 1. The zero-order valence-corrected chi connectivity index (χ0v) is 9.22. The molecule has 7 heteroatoms. The zero-order valence-electron chi connectivity index (χ0n) is 8.47. The van der Waals surface area contributed by atoms with Gasteiger partial charge in [-0.3, -0.25) is 9.59 Å². The SMILES string of the molecule is CC(=O)c1cc(Cl)c(OC(F)(F)F)c(C=O)c1. The number of alkyl halides is 3. The van der Waals surface area contributed by atoms with Gasteiger partial charge in [0.25, 0.3) is 0 Å². The highest BCUT2D eigenvalue weighted by atomic mass is 35.5. The largest absolute Gasteiger partial charge is 0.573 e. The van der Waals surface area contributed by atoms with Crippen LogP contribution in [-0.4, -0.2) is 18.4 Å². The maximum Gasteiger partial charge on any atom is 0.573 e. The van der Waals surface area contributed by atoms with Crippen molar-refractivity contribution in [3.05, 3.63) is 28.3 Å². The molecule has 0 aliphatic heterocycles. The lowest BCUT2D eigenvalue weighted by Crippen LogP contribution is -2.18. The molecular formula is C10H6ClF3O3. The molecule has 92 valence electrons. The Bertz CT molecular complexity index is 469. The quantitative estimate of drug-likeness (QED) is 0.623. The molecule has 0 saturated heterocycles. The highest BCUT2D eigenvalue weighted by molar-refractivity contribution is 6.33. The van der Waals surface area contributed by atoms with Crippen LogP contribution in [0.1, 0.15) is 27.6 Å². The lowest BCUT2D eigenvalue weighted by Gasteiger charge is -2.13. The second kappa shape index (κ2) is 4.75. The third kappa shape index (κ3) is 3.45. The number of rotatable bonds is 3. The Labute approximate surface area is 99.1 Å². The highest BCUT2D eigenvalue weighted by Gasteiger charge is 2.33. The molecule has 0 spiro atoms. The fourth-order valence-corrected chi connectivity index (χ4v) is 1.39. The van der Waals surface area contributed by atoms with Crippen LogP contribution in [-0.2, 0) is 0 Å². The molecule has 0 aliphatic rings. The van der Waals surface area contributed by atoms with Gasteiger partial charge in [-0.1, -0.05) is 11.6 Å². The molecule has 0 atom stereocenters. The Balaban J connectivity index is 3.31. The molecule has 0 heterocycles. The summed E-state index contributed by atoms with van der Waals surface area (Å²) in [5.41, 5.74) is -0.397. The number of Topliss-reactive ketones (excluding diaryl/α,β-unsaturated/α-hetero) is 1. The van der Waals surface area contributed by atoms with Crippen LogP contribution in [0.2, 0.25) is 5.02 Å². The monoisotopic (exact) mass is 266 g/mol. The van der Waals surface area contributed by atoms with Crippen molar-refractivity contribution in [3.63, 3.8) is 0 Å². The molecule has 0 aromatic heterocycles. The molecule has 0 aliphatic carbocycles. The average molecular weight is 267 g/mol. The van der Waals surface area contributed by atoms with Gasteiger partial charge < -0.3 is 4.74 Å². The lowest BCUT2D eigenvalue weighted by atomic mass is 10.1. The maximum absolute atomic E-state index is 12.0. The van der Waals surface area contributed by atoms with Crippen molar-refractivity contribution in [3.8, 4) is 5.75 Å². The van der Waals surface area contributed by atoms with Gasteiger partial charge in [0, 0.05) is 5.56 Å². The van der Waals surface area contributed by atoms with Gasteiger partial charge >= 0.3 is 6.36 Å². The number of hydrogen-bond acceptors (Lipinski definition) is 3. The Morgan fingerprint density at radius 1 is 1.41 bits per heavy atom. The van der Waals surface area contributed by atoms with Crippen LogP contribution in [0, 0.1) is 0 Å². The molecule has 1 rings (SSSR count). The first-order valence-corrected chi connectivity index (χ1v) is 4.68. The van der Waals surface area contributed by atoms with Crippen molar-refractivity contribution in [1.82, 2.24) is 0 Å². The van der Waals surface area contributed by atoms with Crippen LogP contribution < -0.4 is 4.74 Å². The first-order valence-electron chi connectivity index (χ1n) is 4.30. The fraction of sp³-hybridized carbons (Fsp3) is 0.200. The van der Waals surface area contributed by atoms with Crippen LogP contribution in [0.5, 0.6) is 5.75 Å².